The van der Waals surface area contributed by atoms with Crippen molar-refractivity contribution in [1.29, 1.82) is 0 Å². The molecular formula is C14H21F3N4. The summed E-state index contributed by atoms with van der Waals surface area (Å²) in [5.41, 5.74) is 2.60. The minimum Gasteiger partial charge on any atom is -0.305 e. The molecule has 0 saturated carbocycles. The van der Waals surface area contributed by atoms with Crippen LogP contribution in [0.15, 0.2) is 12.1 Å². The molecule has 2 rings (SSSR count). The summed E-state index contributed by atoms with van der Waals surface area (Å²) in [7, 11) is 3.90. The summed E-state index contributed by atoms with van der Waals surface area (Å²) in [5.74, 6) is 1.73. The maximum absolute atomic E-state index is 14.0. The minimum absolute atomic E-state index is 0.0450. The molecule has 0 aromatic heterocycles. The van der Waals surface area contributed by atoms with E-state index in [-0.39, 0.29) is 11.6 Å². The normalized spacial score (nSPS) is 23.0. The predicted molar refractivity (Wildman–Crippen MR) is 74.9 cm³/mol. The summed E-state index contributed by atoms with van der Waals surface area (Å²) in [6.45, 7) is 2.42. The lowest BCUT2D eigenvalue weighted by atomic mass is 9.97. The van der Waals surface area contributed by atoms with Gasteiger partial charge >= 0.3 is 0 Å². The van der Waals surface area contributed by atoms with Gasteiger partial charge in [-0.05, 0) is 39.7 Å². The molecule has 1 aliphatic heterocycles. The van der Waals surface area contributed by atoms with Gasteiger partial charge in [0, 0.05) is 18.2 Å². The van der Waals surface area contributed by atoms with Crippen LogP contribution in [0, 0.1) is 17.5 Å². The van der Waals surface area contributed by atoms with Crippen LogP contribution in [0.3, 0.4) is 0 Å². The van der Waals surface area contributed by atoms with E-state index in [2.05, 4.69) is 15.2 Å². The van der Waals surface area contributed by atoms with Gasteiger partial charge in [0.05, 0.1) is 6.04 Å². The van der Waals surface area contributed by atoms with Crippen molar-refractivity contribution in [3.63, 3.8) is 0 Å². The standard InChI is InChI=1S/C14H21F3N4/c1-20-6-3-7-21(2)11(8-20)14(19-18)9-4-5-10(15)13(17)12(9)16/h4-5,11,14,19H,3,6-8,18H2,1-2H3. The highest BCUT2D eigenvalue weighted by Gasteiger charge is 2.32. The molecule has 0 spiro atoms. The highest BCUT2D eigenvalue weighted by molar-refractivity contribution is 5.25. The van der Waals surface area contributed by atoms with Gasteiger partial charge < -0.3 is 9.80 Å². The van der Waals surface area contributed by atoms with E-state index < -0.39 is 23.5 Å². The number of likely N-dealkylation sites (N-methyl/N-ethyl adjacent to an activating group) is 2. The fourth-order valence-corrected chi connectivity index (χ4v) is 2.85. The van der Waals surface area contributed by atoms with E-state index in [9.17, 15) is 13.2 Å². The van der Waals surface area contributed by atoms with Crippen molar-refractivity contribution in [1.82, 2.24) is 15.2 Å². The lowest BCUT2D eigenvalue weighted by Crippen LogP contribution is -2.49. The van der Waals surface area contributed by atoms with E-state index in [0.717, 1.165) is 25.6 Å². The molecule has 0 bridgehead atoms. The van der Waals surface area contributed by atoms with Crippen LogP contribution in [0.5, 0.6) is 0 Å². The van der Waals surface area contributed by atoms with Crippen LogP contribution in [0.2, 0.25) is 0 Å². The zero-order valence-corrected chi connectivity index (χ0v) is 12.2. The number of halogens is 3. The highest BCUT2D eigenvalue weighted by Crippen LogP contribution is 2.27. The second-order valence-electron chi connectivity index (χ2n) is 5.57. The summed E-state index contributed by atoms with van der Waals surface area (Å²) in [4.78, 5) is 4.19. The third kappa shape index (κ3) is 3.37. The van der Waals surface area contributed by atoms with E-state index in [4.69, 9.17) is 5.84 Å². The van der Waals surface area contributed by atoms with E-state index in [0.29, 0.717) is 6.54 Å². The highest BCUT2D eigenvalue weighted by atomic mass is 19.2. The first-order valence-electron chi connectivity index (χ1n) is 6.94. The first-order chi connectivity index (χ1) is 9.95. The number of nitrogens with zero attached hydrogens (tertiary/aromatic N) is 2. The maximum atomic E-state index is 14.0. The van der Waals surface area contributed by atoms with Gasteiger partial charge in [-0.25, -0.2) is 13.2 Å². The molecule has 1 aromatic rings. The Morgan fingerprint density at radius 1 is 1.19 bits per heavy atom. The van der Waals surface area contributed by atoms with Gasteiger partial charge in [0.1, 0.15) is 0 Å². The van der Waals surface area contributed by atoms with Crippen LogP contribution in [0.25, 0.3) is 0 Å². The van der Waals surface area contributed by atoms with Gasteiger partial charge in [-0.1, -0.05) is 6.07 Å². The Labute approximate surface area is 122 Å². The summed E-state index contributed by atoms with van der Waals surface area (Å²) < 4.78 is 40.6. The largest absolute Gasteiger partial charge is 0.305 e. The first kappa shape index (κ1) is 16.2. The van der Waals surface area contributed by atoms with E-state index in [1.54, 1.807) is 0 Å². The van der Waals surface area contributed by atoms with Crippen molar-refractivity contribution < 1.29 is 13.2 Å². The van der Waals surface area contributed by atoms with Crippen LogP contribution < -0.4 is 11.3 Å². The van der Waals surface area contributed by atoms with Crippen molar-refractivity contribution in [2.75, 3.05) is 33.7 Å². The topological polar surface area (TPSA) is 44.5 Å². The molecule has 1 fully saturated rings. The number of nitrogens with one attached hydrogen (secondary N) is 1. The molecule has 0 aliphatic carbocycles. The number of nitrogens with two attached hydrogens (primary N) is 1. The molecule has 118 valence electrons. The Hall–Kier alpha value is -1.15. The molecule has 1 heterocycles. The molecule has 0 radical (unpaired) electrons. The molecule has 2 atom stereocenters. The van der Waals surface area contributed by atoms with Crippen molar-refractivity contribution in [2.45, 2.75) is 18.5 Å². The number of hydrazine groups is 1. The second-order valence-corrected chi connectivity index (χ2v) is 5.57. The minimum atomic E-state index is -1.46. The smallest absolute Gasteiger partial charge is 0.194 e. The third-order valence-electron chi connectivity index (χ3n) is 4.08. The van der Waals surface area contributed by atoms with Crippen molar-refractivity contribution >= 4 is 0 Å². The summed E-state index contributed by atoms with van der Waals surface area (Å²) >= 11 is 0. The van der Waals surface area contributed by atoms with Gasteiger partial charge in [-0.15, -0.1) is 0 Å². The van der Waals surface area contributed by atoms with Gasteiger partial charge in [-0.3, -0.25) is 11.3 Å². The van der Waals surface area contributed by atoms with Crippen LogP contribution in [-0.4, -0.2) is 49.6 Å². The molecule has 2 unspecified atom stereocenters. The molecule has 1 saturated heterocycles. The van der Waals surface area contributed by atoms with Gasteiger partial charge in [0.15, 0.2) is 17.5 Å². The SMILES string of the molecule is CN1CCCN(C)C(C(NN)c2ccc(F)c(F)c2F)C1. The van der Waals surface area contributed by atoms with E-state index in [1.807, 2.05) is 14.1 Å². The number of rotatable bonds is 3. The Morgan fingerprint density at radius 2 is 1.90 bits per heavy atom. The average Bonchev–Trinajstić information content (AvgIpc) is 2.61. The molecule has 21 heavy (non-hydrogen) atoms. The predicted octanol–water partition coefficient (Wildman–Crippen LogP) is 1.24. The summed E-state index contributed by atoms with van der Waals surface area (Å²) in [5, 5.41) is 0. The van der Waals surface area contributed by atoms with Crippen LogP contribution >= 0.6 is 0 Å². The van der Waals surface area contributed by atoms with Gasteiger partial charge in [0.2, 0.25) is 0 Å². The molecule has 1 aliphatic rings. The lowest BCUT2D eigenvalue weighted by molar-refractivity contribution is 0.176. The molecular weight excluding hydrogens is 281 g/mol. The molecule has 4 nitrogen and oxygen atoms in total. The number of benzene rings is 1. The van der Waals surface area contributed by atoms with E-state index >= 15 is 0 Å². The van der Waals surface area contributed by atoms with Crippen molar-refractivity contribution in [3.8, 4) is 0 Å². The van der Waals surface area contributed by atoms with Crippen LogP contribution in [0.4, 0.5) is 13.2 Å². The lowest BCUT2D eigenvalue weighted by Gasteiger charge is -2.34. The number of hydrogen-bond acceptors (Lipinski definition) is 4. The first-order valence-corrected chi connectivity index (χ1v) is 6.94. The average molecular weight is 302 g/mol. The fraction of sp³-hybridized carbons (Fsp3) is 0.571. The van der Waals surface area contributed by atoms with Gasteiger partial charge in [0.25, 0.3) is 0 Å². The zero-order valence-electron chi connectivity index (χ0n) is 12.2. The second kappa shape index (κ2) is 6.74. The molecule has 7 heteroatoms. The van der Waals surface area contributed by atoms with Crippen LogP contribution in [-0.2, 0) is 0 Å². The zero-order chi connectivity index (χ0) is 15.6. The van der Waals surface area contributed by atoms with E-state index in [1.165, 1.54) is 6.07 Å². The fourth-order valence-electron chi connectivity index (χ4n) is 2.85. The van der Waals surface area contributed by atoms with Crippen LogP contribution in [0.1, 0.15) is 18.0 Å². The summed E-state index contributed by atoms with van der Waals surface area (Å²) in [6.07, 6.45) is 0.987. The monoisotopic (exact) mass is 302 g/mol. The number of hydrogen-bond donors (Lipinski definition) is 2. The van der Waals surface area contributed by atoms with Crippen molar-refractivity contribution in [3.05, 3.63) is 35.1 Å². The Balaban J connectivity index is 2.36. The summed E-state index contributed by atoms with van der Waals surface area (Å²) in [6, 6.07) is 1.42. The van der Waals surface area contributed by atoms with Crippen molar-refractivity contribution in [2.24, 2.45) is 5.84 Å². The Bertz CT molecular complexity index is 497. The Morgan fingerprint density at radius 3 is 2.57 bits per heavy atom. The third-order valence-corrected chi connectivity index (χ3v) is 4.08. The quantitative estimate of drug-likeness (QED) is 0.501. The Kier molecular flexibility index (Phi) is 5.21. The molecule has 1 aromatic carbocycles. The maximum Gasteiger partial charge on any atom is 0.194 e. The van der Waals surface area contributed by atoms with Gasteiger partial charge in [-0.2, -0.15) is 0 Å². The molecule has 3 N–H and O–H groups in total. The molecule has 0 amide bonds.